The Balaban J connectivity index is 2.10. The van der Waals surface area contributed by atoms with Gasteiger partial charge in [0, 0.05) is 12.6 Å². The minimum atomic E-state index is -4.42. The van der Waals surface area contributed by atoms with E-state index in [0.717, 1.165) is 17.7 Å². The van der Waals surface area contributed by atoms with Crippen molar-refractivity contribution in [3.63, 3.8) is 0 Å². The molecule has 2 rings (SSSR count). The van der Waals surface area contributed by atoms with Crippen LogP contribution >= 0.6 is 0 Å². The molecule has 2 N–H and O–H groups in total. The summed E-state index contributed by atoms with van der Waals surface area (Å²) in [6.07, 6.45) is -4.42. The molecule has 0 radical (unpaired) electrons. The molecular weight excluding hydrogens is 303 g/mol. The molecule has 0 heterocycles. The molecule has 2 nitrogen and oxygen atoms in total. The number of benzene rings is 2. The van der Waals surface area contributed by atoms with Crippen LogP contribution in [0.15, 0.2) is 54.6 Å². The molecule has 0 aliphatic rings. The van der Waals surface area contributed by atoms with Gasteiger partial charge in [0.2, 0.25) is 0 Å². The molecule has 0 spiro atoms. The number of rotatable bonds is 5. The molecule has 23 heavy (non-hydrogen) atoms. The molecule has 2 atom stereocenters. The summed E-state index contributed by atoms with van der Waals surface area (Å²) < 4.78 is 38.4. The minimum Gasteiger partial charge on any atom is -0.384 e. The van der Waals surface area contributed by atoms with E-state index in [1.54, 1.807) is 0 Å². The van der Waals surface area contributed by atoms with Gasteiger partial charge in [0.1, 0.15) is 0 Å². The van der Waals surface area contributed by atoms with Crippen molar-refractivity contribution >= 4 is 0 Å². The SMILES string of the molecule is CC(NCC(C)(O)c1cccc(C(F)(F)F)c1)c1ccccc1. The molecule has 0 amide bonds. The lowest BCUT2D eigenvalue weighted by atomic mass is 9.93. The fourth-order valence-corrected chi connectivity index (χ4v) is 2.34. The maximum atomic E-state index is 12.8. The first kappa shape index (κ1) is 17.5. The Labute approximate surface area is 134 Å². The molecule has 0 fully saturated rings. The monoisotopic (exact) mass is 323 g/mol. The Morgan fingerprint density at radius 3 is 2.22 bits per heavy atom. The van der Waals surface area contributed by atoms with Gasteiger partial charge >= 0.3 is 6.18 Å². The van der Waals surface area contributed by atoms with Gasteiger partial charge in [-0.25, -0.2) is 0 Å². The van der Waals surface area contributed by atoms with Gasteiger partial charge in [-0.1, -0.05) is 42.5 Å². The first-order chi connectivity index (χ1) is 10.7. The second-order valence-electron chi connectivity index (χ2n) is 5.87. The van der Waals surface area contributed by atoms with Crippen LogP contribution in [0.3, 0.4) is 0 Å². The normalized spacial score (nSPS) is 15.9. The average molecular weight is 323 g/mol. The van der Waals surface area contributed by atoms with E-state index in [-0.39, 0.29) is 18.2 Å². The fourth-order valence-electron chi connectivity index (χ4n) is 2.34. The summed E-state index contributed by atoms with van der Waals surface area (Å²) in [6, 6.07) is 14.4. The molecule has 0 bridgehead atoms. The van der Waals surface area contributed by atoms with Crippen LogP contribution < -0.4 is 5.32 Å². The number of aliphatic hydroxyl groups is 1. The van der Waals surface area contributed by atoms with Gasteiger partial charge in [-0.2, -0.15) is 13.2 Å². The highest BCUT2D eigenvalue weighted by molar-refractivity contribution is 5.30. The van der Waals surface area contributed by atoms with E-state index in [9.17, 15) is 18.3 Å². The van der Waals surface area contributed by atoms with Crippen LogP contribution in [-0.2, 0) is 11.8 Å². The maximum Gasteiger partial charge on any atom is 0.416 e. The van der Waals surface area contributed by atoms with Crippen LogP contribution in [0.5, 0.6) is 0 Å². The van der Waals surface area contributed by atoms with Crippen molar-refractivity contribution in [1.82, 2.24) is 5.32 Å². The highest BCUT2D eigenvalue weighted by atomic mass is 19.4. The maximum absolute atomic E-state index is 12.8. The quantitative estimate of drug-likeness (QED) is 0.861. The van der Waals surface area contributed by atoms with E-state index in [4.69, 9.17) is 0 Å². The number of hydrogen-bond acceptors (Lipinski definition) is 2. The zero-order chi connectivity index (χ0) is 17.1. The van der Waals surface area contributed by atoms with Gasteiger partial charge < -0.3 is 10.4 Å². The first-order valence-corrected chi connectivity index (χ1v) is 7.38. The van der Waals surface area contributed by atoms with Crippen molar-refractivity contribution in [2.45, 2.75) is 31.7 Å². The van der Waals surface area contributed by atoms with Gasteiger partial charge in [-0.15, -0.1) is 0 Å². The number of hydrogen-bond donors (Lipinski definition) is 2. The Morgan fingerprint density at radius 1 is 1.00 bits per heavy atom. The van der Waals surface area contributed by atoms with Crippen molar-refractivity contribution in [3.8, 4) is 0 Å². The second kappa shape index (κ2) is 6.72. The zero-order valence-electron chi connectivity index (χ0n) is 13.1. The van der Waals surface area contributed by atoms with Crippen molar-refractivity contribution in [3.05, 3.63) is 71.3 Å². The molecule has 0 aromatic heterocycles. The summed E-state index contributed by atoms with van der Waals surface area (Å²) in [6.45, 7) is 3.59. The predicted octanol–water partition coefficient (Wildman–Crippen LogP) is 4.26. The zero-order valence-corrected chi connectivity index (χ0v) is 13.1. The van der Waals surface area contributed by atoms with Crippen molar-refractivity contribution in [2.75, 3.05) is 6.54 Å². The number of halogens is 3. The largest absolute Gasteiger partial charge is 0.416 e. The summed E-state index contributed by atoms with van der Waals surface area (Å²) in [4.78, 5) is 0. The van der Waals surface area contributed by atoms with Crippen LogP contribution in [0.25, 0.3) is 0 Å². The van der Waals surface area contributed by atoms with E-state index in [1.807, 2.05) is 37.3 Å². The molecule has 0 aliphatic carbocycles. The predicted molar refractivity (Wildman–Crippen MR) is 83.9 cm³/mol. The second-order valence-corrected chi connectivity index (χ2v) is 5.87. The standard InChI is InChI=1S/C18H20F3NO/c1-13(14-7-4-3-5-8-14)22-12-17(2,23)15-9-6-10-16(11-15)18(19,20)21/h3-11,13,22-23H,12H2,1-2H3. The topological polar surface area (TPSA) is 32.3 Å². The fraction of sp³-hybridized carbons (Fsp3) is 0.333. The summed E-state index contributed by atoms with van der Waals surface area (Å²) in [5.41, 5.74) is -0.872. The van der Waals surface area contributed by atoms with Crippen LogP contribution in [0.4, 0.5) is 13.2 Å². The average Bonchev–Trinajstić information content (AvgIpc) is 2.53. The molecule has 2 aromatic rings. The number of nitrogens with one attached hydrogen (secondary N) is 1. The van der Waals surface area contributed by atoms with Gasteiger partial charge in [-0.3, -0.25) is 0 Å². The lowest BCUT2D eigenvalue weighted by Crippen LogP contribution is -2.36. The van der Waals surface area contributed by atoms with Gasteiger partial charge in [0.05, 0.1) is 11.2 Å². The van der Waals surface area contributed by atoms with E-state index >= 15 is 0 Å². The molecule has 0 saturated carbocycles. The summed E-state index contributed by atoms with van der Waals surface area (Å²) in [5, 5.41) is 13.7. The van der Waals surface area contributed by atoms with Crippen LogP contribution in [0.1, 0.15) is 36.6 Å². The van der Waals surface area contributed by atoms with Crippen molar-refractivity contribution in [2.24, 2.45) is 0 Å². The minimum absolute atomic E-state index is 0.0199. The van der Waals surface area contributed by atoms with Crippen molar-refractivity contribution in [1.29, 1.82) is 0 Å². The van der Waals surface area contributed by atoms with Crippen LogP contribution in [-0.4, -0.2) is 11.7 Å². The van der Waals surface area contributed by atoms with E-state index in [2.05, 4.69) is 5.32 Å². The van der Waals surface area contributed by atoms with Gasteiger partial charge in [-0.05, 0) is 37.1 Å². The molecule has 0 aliphatic heterocycles. The molecule has 2 unspecified atom stereocenters. The molecule has 2 aromatic carbocycles. The van der Waals surface area contributed by atoms with E-state index in [0.29, 0.717) is 0 Å². The third-order valence-electron chi connectivity index (χ3n) is 3.86. The van der Waals surface area contributed by atoms with Crippen LogP contribution in [0.2, 0.25) is 0 Å². The Bertz CT molecular complexity index is 638. The first-order valence-electron chi connectivity index (χ1n) is 7.38. The van der Waals surface area contributed by atoms with E-state index in [1.165, 1.54) is 19.1 Å². The molecular formula is C18H20F3NO. The highest BCUT2D eigenvalue weighted by Gasteiger charge is 2.32. The lowest BCUT2D eigenvalue weighted by Gasteiger charge is -2.27. The Kier molecular flexibility index (Phi) is 5.12. The van der Waals surface area contributed by atoms with Gasteiger partial charge in [0.25, 0.3) is 0 Å². The molecule has 124 valence electrons. The Hall–Kier alpha value is -1.85. The van der Waals surface area contributed by atoms with Gasteiger partial charge in [0.15, 0.2) is 0 Å². The van der Waals surface area contributed by atoms with Crippen LogP contribution in [0, 0.1) is 0 Å². The summed E-state index contributed by atoms with van der Waals surface area (Å²) in [7, 11) is 0. The smallest absolute Gasteiger partial charge is 0.384 e. The molecule has 0 saturated heterocycles. The van der Waals surface area contributed by atoms with E-state index < -0.39 is 17.3 Å². The summed E-state index contributed by atoms with van der Waals surface area (Å²) in [5.74, 6) is 0. The summed E-state index contributed by atoms with van der Waals surface area (Å²) >= 11 is 0. The third kappa shape index (κ3) is 4.56. The van der Waals surface area contributed by atoms with Crippen molar-refractivity contribution < 1.29 is 18.3 Å². The number of alkyl halides is 3. The molecule has 5 heteroatoms. The Morgan fingerprint density at radius 2 is 1.61 bits per heavy atom. The highest BCUT2D eigenvalue weighted by Crippen LogP contribution is 2.32. The third-order valence-corrected chi connectivity index (χ3v) is 3.86. The lowest BCUT2D eigenvalue weighted by molar-refractivity contribution is -0.137.